The lowest BCUT2D eigenvalue weighted by Crippen LogP contribution is -2.59. The topological polar surface area (TPSA) is 88.1 Å². The molecule has 0 amide bonds. The second kappa shape index (κ2) is 8.78. The standard InChI is InChI=1S/C23H32F2O7/c1-21(24,25)19(27)30-14-31-20(28)29-13-22-8-15-7-16(9-22)11-23(10-15,12-22)32-18(26)17-5-3-2-4-6-17/h15-17H,2-14H2,1H3. The van der Waals surface area contributed by atoms with Crippen molar-refractivity contribution in [3.8, 4) is 0 Å². The highest BCUT2D eigenvalue weighted by atomic mass is 19.3. The Hall–Kier alpha value is -1.93. The molecule has 0 aromatic carbocycles. The van der Waals surface area contributed by atoms with E-state index in [0.717, 1.165) is 57.8 Å². The minimum Gasteiger partial charge on any atom is -0.459 e. The summed E-state index contributed by atoms with van der Waals surface area (Å²) < 4.78 is 45.9. The van der Waals surface area contributed by atoms with E-state index >= 15 is 0 Å². The first kappa shape index (κ1) is 23.2. The third kappa shape index (κ3) is 5.17. The molecule has 0 aromatic rings. The van der Waals surface area contributed by atoms with Gasteiger partial charge in [0.05, 0.1) is 5.92 Å². The van der Waals surface area contributed by atoms with Crippen molar-refractivity contribution in [3.63, 3.8) is 0 Å². The van der Waals surface area contributed by atoms with Crippen LogP contribution < -0.4 is 0 Å². The molecule has 9 heteroatoms. The van der Waals surface area contributed by atoms with Gasteiger partial charge in [0.25, 0.3) is 0 Å². The fraction of sp³-hybridized carbons (Fsp3) is 0.870. The highest BCUT2D eigenvalue weighted by molar-refractivity contribution is 5.77. The Labute approximate surface area is 186 Å². The van der Waals surface area contributed by atoms with Crippen LogP contribution in [0.15, 0.2) is 0 Å². The van der Waals surface area contributed by atoms with Crippen LogP contribution in [0.1, 0.15) is 77.6 Å². The van der Waals surface area contributed by atoms with Crippen molar-refractivity contribution < 1.29 is 42.1 Å². The number of alkyl halides is 2. The fourth-order valence-electron chi connectivity index (χ4n) is 6.80. The molecule has 5 saturated carbocycles. The zero-order chi connectivity index (χ0) is 23.0. The normalized spacial score (nSPS) is 34.1. The first-order chi connectivity index (χ1) is 15.1. The van der Waals surface area contributed by atoms with E-state index in [1.165, 1.54) is 6.42 Å². The summed E-state index contributed by atoms with van der Waals surface area (Å²) in [4.78, 5) is 35.8. The van der Waals surface area contributed by atoms with Crippen molar-refractivity contribution in [2.24, 2.45) is 23.2 Å². The molecule has 0 aromatic heterocycles. The molecule has 0 aliphatic heterocycles. The van der Waals surface area contributed by atoms with Crippen LogP contribution in [0.2, 0.25) is 0 Å². The van der Waals surface area contributed by atoms with E-state index < -0.39 is 30.4 Å². The van der Waals surface area contributed by atoms with E-state index in [0.29, 0.717) is 25.2 Å². The summed E-state index contributed by atoms with van der Waals surface area (Å²) in [5, 5.41) is 0. The highest BCUT2D eigenvalue weighted by Gasteiger charge is 2.60. The predicted molar refractivity (Wildman–Crippen MR) is 107 cm³/mol. The lowest BCUT2D eigenvalue weighted by molar-refractivity contribution is -0.212. The molecule has 5 rings (SSSR count). The predicted octanol–water partition coefficient (Wildman–Crippen LogP) is 4.76. The molecule has 2 unspecified atom stereocenters. The number of esters is 2. The molecule has 0 heterocycles. The molecular weight excluding hydrogens is 426 g/mol. The monoisotopic (exact) mass is 458 g/mol. The fourth-order valence-corrected chi connectivity index (χ4v) is 6.80. The van der Waals surface area contributed by atoms with Gasteiger partial charge in [0.1, 0.15) is 12.2 Å². The summed E-state index contributed by atoms with van der Waals surface area (Å²) in [5.74, 6) is -4.64. The lowest BCUT2D eigenvalue weighted by atomic mass is 9.48. The zero-order valence-corrected chi connectivity index (χ0v) is 18.5. The van der Waals surface area contributed by atoms with Crippen molar-refractivity contribution in [3.05, 3.63) is 0 Å². The maximum Gasteiger partial charge on any atom is 0.511 e. The molecule has 7 nitrogen and oxygen atoms in total. The second-order valence-electron chi connectivity index (χ2n) is 10.5. The number of rotatable bonds is 7. The molecule has 5 aliphatic rings. The third-order valence-electron chi connectivity index (χ3n) is 7.61. The van der Waals surface area contributed by atoms with Crippen molar-refractivity contribution in [1.82, 2.24) is 0 Å². The van der Waals surface area contributed by atoms with Crippen LogP contribution in [-0.4, -0.2) is 43.0 Å². The van der Waals surface area contributed by atoms with E-state index in [1.807, 2.05) is 0 Å². The summed E-state index contributed by atoms with van der Waals surface area (Å²) in [6.45, 7) is -0.417. The molecule has 0 N–H and O–H groups in total. The van der Waals surface area contributed by atoms with Crippen LogP contribution >= 0.6 is 0 Å². The van der Waals surface area contributed by atoms with Gasteiger partial charge in [0.2, 0.25) is 6.79 Å². The molecule has 5 fully saturated rings. The number of carbonyl (C=O) groups excluding carboxylic acids is 3. The molecule has 5 aliphatic carbocycles. The van der Waals surface area contributed by atoms with Gasteiger partial charge in [-0.2, -0.15) is 8.78 Å². The lowest BCUT2D eigenvalue weighted by Gasteiger charge is -2.61. The van der Waals surface area contributed by atoms with Gasteiger partial charge in [-0.05, 0) is 63.2 Å². The quantitative estimate of drug-likeness (QED) is 0.309. The second-order valence-corrected chi connectivity index (χ2v) is 10.5. The third-order valence-corrected chi connectivity index (χ3v) is 7.61. The van der Waals surface area contributed by atoms with E-state index in [9.17, 15) is 23.2 Å². The summed E-state index contributed by atoms with van der Waals surface area (Å²) in [5.41, 5.74) is -0.753. The van der Waals surface area contributed by atoms with Gasteiger partial charge in [-0.25, -0.2) is 9.59 Å². The average molecular weight is 458 g/mol. The van der Waals surface area contributed by atoms with E-state index in [2.05, 4.69) is 9.47 Å². The Bertz CT molecular complexity index is 727. The summed E-state index contributed by atoms with van der Waals surface area (Å²) in [6, 6.07) is 0. The SMILES string of the molecule is CC(F)(F)C(=O)OCOC(=O)OCC12CC3CC(C1)CC(OC(=O)C1CCCCC1)(C3)C2. The van der Waals surface area contributed by atoms with Gasteiger partial charge in [0, 0.05) is 12.3 Å². The Morgan fingerprint density at radius 3 is 2.22 bits per heavy atom. The Kier molecular flexibility index (Phi) is 6.38. The minimum absolute atomic E-state index is 0.00265. The number of hydrogen-bond acceptors (Lipinski definition) is 7. The van der Waals surface area contributed by atoms with E-state index in [-0.39, 0.29) is 23.9 Å². The molecule has 0 spiro atoms. The van der Waals surface area contributed by atoms with Crippen LogP contribution in [0.4, 0.5) is 13.6 Å². The van der Waals surface area contributed by atoms with Gasteiger partial charge >= 0.3 is 24.0 Å². The molecule has 0 saturated heterocycles. The first-order valence-corrected chi connectivity index (χ1v) is 11.7. The molecule has 4 bridgehead atoms. The van der Waals surface area contributed by atoms with Crippen molar-refractivity contribution in [2.45, 2.75) is 89.1 Å². The summed E-state index contributed by atoms with van der Waals surface area (Å²) in [7, 11) is 0. The first-order valence-electron chi connectivity index (χ1n) is 11.7. The van der Waals surface area contributed by atoms with Crippen LogP contribution in [0.25, 0.3) is 0 Å². The number of ether oxygens (including phenoxy) is 4. The summed E-state index contributed by atoms with van der Waals surface area (Å²) in [6.07, 6.45) is 9.36. The van der Waals surface area contributed by atoms with Gasteiger partial charge in [-0.3, -0.25) is 4.79 Å². The maximum absolute atomic E-state index is 12.9. The van der Waals surface area contributed by atoms with Crippen LogP contribution in [0.3, 0.4) is 0 Å². The van der Waals surface area contributed by atoms with Crippen LogP contribution in [0, 0.1) is 23.2 Å². The molecule has 32 heavy (non-hydrogen) atoms. The number of hydrogen-bond donors (Lipinski definition) is 0. The summed E-state index contributed by atoms with van der Waals surface area (Å²) >= 11 is 0. The smallest absolute Gasteiger partial charge is 0.459 e. The molecule has 2 atom stereocenters. The van der Waals surface area contributed by atoms with Crippen LogP contribution in [0.5, 0.6) is 0 Å². The number of halogens is 2. The number of carbonyl (C=O) groups is 3. The average Bonchev–Trinajstić information content (AvgIpc) is 2.71. The van der Waals surface area contributed by atoms with E-state index in [4.69, 9.17) is 9.47 Å². The molecule has 180 valence electrons. The Morgan fingerprint density at radius 1 is 0.938 bits per heavy atom. The largest absolute Gasteiger partial charge is 0.511 e. The van der Waals surface area contributed by atoms with Gasteiger partial charge in [-0.1, -0.05) is 19.3 Å². The van der Waals surface area contributed by atoms with Gasteiger partial charge < -0.3 is 18.9 Å². The Balaban J connectivity index is 1.31. The zero-order valence-electron chi connectivity index (χ0n) is 18.5. The van der Waals surface area contributed by atoms with E-state index in [1.54, 1.807) is 0 Å². The molecular formula is C23H32F2O7. The van der Waals surface area contributed by atoms with Gasteiger partial charge in [-0.15, -0.1) is 0 Å². The van der Waals surface area contributed by atoms with Crippen molar-refractivity contribution >= 4 is 18.1 Å². The van der Waals surface area contributed by atoms with Crippen LogP contribution in [-0.2, 0) is 28.5 Å². The highest BCUT2D eigenvalue weighted by Crippen LogP contribution is 2.63. The van der Waals surface area contributed by atoms with Crippen molar-refractivity contribution in [2.75, 3.05) is 13.4 Å². The molecule has 0 radical (unpaired) electrons. The maximum atomic E-state index is 12.9. The van der Waals surface area contributed by atoms with Crippen molar-refractivity contribution in [1.29, 1.82) is 0 Å². The Morgan fingerprint density at radius 2 is 1.59 bits per heavy atom. The van der Waals surface area contributed by atoms with Gasteiger partial charge in [0.15, 0.2) is 0 Å². The minimum atomic E-state index is -3.66.